The number of nitrogens with zero attached hydrogens (tertiary/aromatic N) is 4. The Morgan fingerprint density at radius 3 is 2.83 bits per heavy atom. The van der Waals surface area contributed by atoms with Gasteiger partial charge in [-0.3, -0.25) is 4.98 Å². The lowest BCUT2D eigenvalue weighted by Crippen LogP contribution is -2.16. The molecule has 0 saturated carbocycles. The quantitative estimate of drug-likeness (QED) is 0.375. The Kier molecular flexibility index (Phi) is 3.73. The van der Waals surface area contributed by atoms with Crippen LogP contribution in [0.2, 0.25) is 0 Å². The fraction of sp³-hybridized carbons (Fsp3) is 0.0909. The van der Waals surface area contributed by atoms with Gasteiger partial charge in [0.1, 0.15) is 10.1 Å². The third-order valence-corrected chi connectivity index (χ3v) is 3.15. The molecule has 2 heterocycles. The number of hydrogen-bond acceptors (Lipinski definition) is 6. The molecule has 6 nitrogen and oxygen atoms in total. The van der Waals surface area contributed by atoms with E-state index in [0.717, 1.165) is 5.56 Å². The highest BCUT2D eigenvalue weighted by Crippen LogP contribution is 2.27. The number of oxime groups is 1. The van der Waals surface area contributed by atoms with Crippen LogP contribution < -0.4 is 5.73 Å². The van der Waals surface area contributed by atoms with Crippen LogP contribution in [0.1, 0.15) is 11.1 Å². The lowest BCUT2D eigenvalue weighted by atomic mass is 10.1. The molecule has 0 unspecified atom stereocenters. The van der Waals surface area contributed by atoms with Crippen LogP contribution in [0, 0.1) is 6.92 Å². The van der Waals surface area contributed by atoms with Crippen LogP contribution in [-0.2, 0) is 0 Å². The minimum absolute atomic E-state index is 0.0343. The lowest BCUT2D eigenvalue weighted by molar-refractivity contribution is 0.318. The zero-order valence-electron chi connectivity index (χ0n) is 9.61. The van der Waals surface area contributed by atoms with Gasteiger partial charge in [0.15, 0.2) is 5.84 Å². The van der Waals surface area contributed by atoms with E-state index in [0.29, 0.717) is 15.6 Å². The molecule has 0 aliphatic carbocycles. The number of aromatic nitrogens is 3. The van der Waals surface area contributed by atoms with Crippen LogP contribution in [0.5, 0.6) is 0 Å². The van der Waals surface area contributed by atoms with E-state index < -0.39 is 0 Å². The van der Waals surface area contributed by atoms with Gasteiger partial charge < -0.3 is 10.9 Å². The van der Waals surface area contributed by atoms with Crippen molar-refractivity contribution in [3.05, 3.63) is 42.0 Å². The highest BCUT2D eigenvalue weighted by molar-refractivity contribution is 7.99. The summed E-state index contributed by atoms with van der Waals surface area (Å²) in [5, 5.41) is 13.2. The summed E-state index contributed by atoms with van der Waals surface area (Å²) in [6, 6.07) is 1.80. The molecule has 0 fully saturated rings. The number of rotatable bonds is 3. The predicted octanol–water partition coefficient (Wildman–Crippen LogP) is 1.43. The summed E-state index contributed by atoms with van der Waals surface area (Å²) in [5.74, 6) is 0.0343. The molecule has 92 valence electrons. The minimum Gasteiger partial charge on any atom is -0.409 e. The van der Waals surface area contributed by atoms with Crippen molar-refractivity contribution in [3.8, 4) is 0 Å². The monoisotopic (exact) mass is 261 g/mol. The molecule has 0 spiro atoms. The van der Waals surface area contributed by atoms with Crippen LogP contribution >= 0.6 is 11.8 Å². The largest absolute Gasteiger partial charge is 0.409 e. The Morgan fingerprint density at radius 1 is 1.33 bits per heavy atom. The van der Waals surface area contributed by atoms with Crippen molar-refractivity contribution in [1.82, 2.24) is 15.0 Å². The molecule has 2 rings (SSSR count). The SMILES string of the molecule is Cc1ccnc(Sc2cnccn2)c1/C(N)=N/O. The van der Waals surface area contributed by atoms with E-state index in [1.807, 2.05) is 6.92 Å². The molecule has 2 aromatic rings. The molecule has 18 heavy (non-hydrogen) atoms. The standard InChI is InChI=1S/C11H11N5OS/c1-7-2-3-15-11(9(7)10(12)16-17)18-8-6-13-4-5-14-8/h2-6,17H,1H3,(H2,12,16). The Hall–Kier alpha value is -2.15. The first-order valence-electron chi connectivity index (χ1n) is 5.09. The van der Waals surface area contributed by atoms with E-state index in [4.69, 9.17) is 10.9 Å². The van der Waals surface area contributed by atoms with Crippen LogP contribution in [-0.4, -0.2) is 26.0 Å². The molecular weight excluding hydrogens is 250 g/mol. The average molecular weight is 261 g/mol. The van der Waals surface area contributed by atoms with Gasteiger partial charge in [0.2, 0.25) is 0 Å². The predicted molar refractivity (Wildman–Crippen MR) is 67.6 cm³/mol. The maximum absolute atomic E-state index is 8.80. The van der Waals surface area contributed by atoms with E-state index in [2.05, 4.69) is 20.1 Å². The molecular formula is C11H11N5OS. The third-order valence-electron chi connectivity index (χ3n) is 2.23. The summed E-state index contributed by atoms with van der Waals surface area (Å²) in [5.41, 5.74) is 7.15. The number of aryl methyl sites for hydroxylation is 1. The first kappa shape index (κ1) is 12.3. The molecule has 0 saturated heterocycles. The van der Waals surface area contributed by atoms with Crippen molar-refractivity contribution in [2.24, 2.45) is 10.9 Å². The molecule has 0 aromatic carbocycles. The van der Waals surface area contributed by atoms with E-state index in [-0.39, 0.29) is 5.84 Å². The van der Waals surface area contributed by atoms with Gasteiger partial charge in [0.05, 0.1) is 11.8 Å². The fourth-order valence-corrected chi connectivity index (χ4v) is 2.32. The smallest absolute Gasteiger partial charge is 0.173 e. The highest BCUT2D eigenvalue weighted by Gasteiger charge is 2.13. The molecule has 0 radical (unpaired) electrons. The summed E-state index contributed by atoms with van der Waals surface area (Å²) in [6.07, 6.45) is 6.49. The Bertz CT molecular complexity index is 573. The second-order valence-corrected chi connectivity index (χ2v) is 4.45. The first-order chi connectivity index (χ1) is 8.72. The third kappa shape index (κ3) is 2.57. The highest BCUT2D eigenvalue weighted by atomic mass is 32.2. The van der Waals surface area contributed by atoms with Gasteiger partial charge in [-0.05, 0) is 30.3 Å². The second kappa shape index (κ2) is 5.46. The summed E-state index contributed by atoms with van der Waals surface area (Å²) < 4.78 is 0. The normalized spacial score (nSPS) is 11.5. The molecule has 7 heteroatoms. The fourth-order valence-electron chi connectivity index (χ4n) is 1.41. The van der Waals surface area contributed by atoms with Gasteiger partial charge in [-0.1, -0.05) is 5.16 Å². The lowest BCUT2D eigenvalue weighted by Gasteiger charge is -2.08. The topological polar surface area (TPSA) is 97.3 Å². The molecule has 0 aliphatic rings. The van der Waals surface area contributed by atoms with Crippen molar-refractivity contribution in [1.29, 1.82) is 0 Å². The van der Waals surface area contributed by atoms with E-state index in [1.165, 1.54) is 11.8 Å². The number of pyridine rings is 1. The van der Waals surface area contributed by atoms with Crippen LogP contribution in [0.3, 0.4) is 0 Å². The van der Waals surface area contributed by atoms with Crippen molar-refractivity contribution in [3.63, 3.8) is 0 Å². The van der Waals surface area contributed by atoms with E-state index in [9.17, 15) is 0 Å². The van der Waals surface area contributed by atoms with Gasteiger partial charge >= 0.3 is 0 Å². The Balaban J connectivity index is 2.42. The Morgan fingerprint density at radius 2 is 2.17 bits per heavy atom. The molecule has 2 aromatic heterocycles. The van der Waals surface area contributed by atoms with Crippen molar-refractivity contribution in [2.45, 2.75) is 17.0 Å². The molecule has 0 aliphatic heterocycles. The molecule has 0 amide bonds. The van der Waals surface area contributed by atoms with E-state index >= 15 is 0 Å². The van der Waals surface area contributed by atoms with Crippen LogP contribution in [0.4, 0.5) is 0 Å². The number of amidine groups is 1. The Labute approximate surface area is 108 Å². The summed E-state index contributed by atoms with van der Waals surface area (Å²) in [4.78, 5) is 12.4. The van der Waals surface area contributed by atoms with Crippen LogP contribution in [0.25, 0.3) is 0 Å². The molecule has 0 atom stereocenters. The second-order valence-electron chi connectivity index (χ2n) is 3.44. The maximum atomic E-state index is 8.80. The summed E-state index contributed by atoms with van der Waals surface area (Å²) in [6.45, 7) is 1.87. The van der Waals surface area contributed by atoms with Gasteiger partial charge in [0.25, 0.3) is 0 Å². The zero-order valence-corrected chi connectivity index (χ0v) is 10.4. The maximum Gasteiger partial charge on any atom is 0.173 e. The van der Waals surface area contributed by atoms with Crippen LogP contribution in [0.15, 0.2) is 46.1 Å². The van der Waals surface area contributed by atoms with Crippen molar-refractivity contribution in [2.75, 3.05) is 0 Å². The molecule has 3 N–H and O–H groups in total. The van der Waals surface area contributed by atoms with Crippen molar-refractivity contribution >= 4 is 17.6 Å². The molecule has 0 bridgehead atoms. The van der Waals surface area contributed by atoms with Gasteiger partial charge in [-0.2, -0.15) is 0 Å². The average Bonchev–Trinajstić information content (AvgIpc) is 2.39. The number of hydrogen-bond donors (Lipinski definition) is 2. The van der Waals surface area contributed by atoms with Crippen molar-refractivity contribution < 1.29 is 5.21 Å². The van der Waals surface area contributed by atoms with Gasteiger partial charge in [-0.25, -0.2) is 9.97 Å². The van der Waals surface area contributed by atoms with Gasteiger partial charge in [-0.15, -0.1) is 0 Å². The number of nitrogens with two attached hydrogens (primary N) is 1. The first-order valence-corrected chi connectivity index (χ1v) is 5.91. The van der Waals surface area contributed by atoms with Gasteiger partial charge in [0, 0.05) is 18.6 Å². The minimum atomic E-state index is 0.0343. The summed E-state index contributed by atoms with van der Waals surface area (Å²) >= 11 is 1.32. The van der Waals surface area contributed by atoms with E-state index in [1.54, 1.807) is 30.9 Å². The summed E-state index contributed by atoms with van der Waals surface area (Å²) in [7, 11) is 0. The zero-order chi connectivity index (χ0) is 13.0.